The average Bonchev–Trinajstić information content (AvgIpc) is 3.28. The first kappa shape index (κ1) is 19.9. The number of ether oxygens (including phenoxy) is 1. The Morgan fingerprint density at radius 2 is 1.83 bits per heavy atom. The van der Waals surface area contributed by atoms with E-state index in [9.17, 15) is 9.59 Å². The van der Waals surface area contributed by atoms with E-state index in [-0.39, 0.29) is 17.9 Å². The van der Waals surface area contributed by atoms with Crippen LogP contribution in [0.25, 0.3) is 0 Å². The molecule has 0 radical (unpaired) electrons. The molecule has 6 nitrogen and oxygen atoms in total. The number of nitrogens with zero attached hydrogens (tertiary/aromatic N) is 3. The molecule has 2 amide bonds. The summed E-state index contributed by atoms with van der Waals surface area (Å²) in [5.74, 6) is 1.04. The van der Waals surface area contributed by atoms with Crippen molar-refractivity contribution in [1.82, 2.24) is 14.8 Å². The van der Waals surface area contributed by atoms with Gasteiger partial charge in [0.25, 0.3) is 5.91 Å². The first-order valence-corrected chi connectivity index (χ1v) is 10.9. The molecular formula is C22H24BrN3O3. The number of pyridine rings is 1. The normalized spacial score (nSPS) is 19.3. The highest BCUT2D eigenvalue weighted by atomic mass is 79.9. The minimum absolute atomic E-state index is 0.0955. The van der Waals surface area contributed by atoms with Crippen LogP contribution in [0.2, 0.25) is 0 Å². The van der Waals surface area contributed by atoms with Crippen molar-refractivity contribution < 1.29 is 14.3 Å². The standard InChI is InChI=1S/C22H24BrN3O3/c23-17-6-5-7-18(14-17)29-20-10-9-16(15-24-20)21(27)26-13-2-1-8-19(26)22(28)25-11-3-4-12-25/h5-7,9-10,14-15,19H,1-4,8,11-13H2. The van der Waals surface area contributed by atoms with Crippen LogP contribution in [0.5, 0.6) is 11.6 Å². The van der Waals surface area contributed by atoms with Crippen LogP contribution in [0.3, 0.4) is 0 Å². The van der Waals surface area contributed by atoms with Gasteiger partial charge in [0.15, 0.2) is 0 Å². The minimum atomic E-state index is -0.355. The molecule has 3 heterocycles. The molecule has 1 unspecified atom stereocenters. The second kappa shape index (κ2) is 8.95. The number of benzene rings is 1. The summed E-state index contributed by atoms with van der Waals surface area (Å²) in [6.45, 7) is 2.22. The number of hydrogen-bond acceptors (Lipinski definition) is 4. The average molecular weight is 458 g/mol. The Kier molecular flexibility index (Phi) is 6.13. The SMILES string of the molecule is O=C(C1CCCCN1C(=O)c1ccc(Oc2cccc(Br)c2)nc1)N1CCCC1. The Morgan fingerprint density at radius 3 is 2.55 bits per heavy atom. The van der Waals surface area contributed by atoms with Gasteiger partial charge in [0.05, 0.1) is 5.56 Å². The fourth-order valence-electron chi connectivity index (χ4n) is 3.96. The van der Waals surface area contributed by atoms with Gasteiger partial charge < -0.3 is 14.5 Å². The zero-order chi connectivity index (χ0) is 20.2. The predicted octanol–water partition coefficient (Wildman–Crippen LogP) is 4.25. The number of hydrogen-bond donors (Lipinski definition) is 0. The van der Waals surface area contributed by atoms with Gasteiger partial charge in [-0.15, -0.1) is 0 Å². The number of halogens is 1. The van der Waals surface area contributed by atoms with Crippen LogP contribution in [0.1, 0.15) is 42.5 Å². The molecule has 2 saturated heterocycles. The summed E-state index contributed by atoms with van der Waals surface area (Å²) < 4.78 is 6.66. The van der Waals surface area contributed by atoms with E-state index in [1.807, 2.05) is 29.2 Å². The van der Waals surface area contributed by atoms with E-state index in [0.29, 0.717) is 23.7 Å². The van der Waals surface area contributed by atoms with Gasteiger partial charge >= 0.3 is 0 Å². The van der Waals surface area contributed by atoms with Gasteiger partial charge in [0, 0.05) is 36.4 Å². The van der Waals surface area contributed by atoms with Crippen LogP contribution < -0.4 is 4.74 Å². The number of amides is 2. The summed E-state index contributed by atoms with van der Waals surface area (Å²) in [6, 6.07) is 10.5. The Labute approximate surface area is 179 Å². The van der Waals surface area contributed by atoms with Crippen LogP contribution in [0.4, 0.5) is 0 Å². The first-order chi connectivity index (χ1) is 14.1. The highest BCUT2D eigenvalue weighted by molar-refractivity contribution is 9.10. The van der Waals surface area contributed by atoms with Crippen molar-refractivity contribution in [3.05, 3.63) is 52.6 Å². The molecule has 0 bridgehead atoms. The zero-order valence-electron chi connectivity index (χ0n) is 16.2. The van der Waals surface area contributed by atoms with Crippen molar-refractivity contribution >= 4 is 27.7 Å². The summed E-state index contributed by atoms with van der Waals surface area (Å²) in [5, 5.41) is 0. The molecule has 152 valence electrons. The summed E-state index contributed by atoms with van der Waals surface area (Å²) in [4.78, 5) is 34.0. The maximum absolute atomic E-state index is 13.1. The first-order valence-electron chi connectivity index (χ1n) is 10.1. The number of piperidine rings is 1. The molecule has 0 spiro atoms. The van der Waals surface area contributed by atoms with Crippen LogP contribution >= 0.6 is 15.9 Å². The van der Waals surface area contributed by atoms with E-state index < -0.39 is 0 Å². The smallest absolute Gasteiger partial charge is 0.256 e. The quantitative estimate of drug-likeness (QED) is 0.687. The Balaban J connectivity index is 1.46. The van der Waals surface area contributed by atoms with E-state index in [1.54, 1.807) is 17.0 Å². The van der Waals surface area contributed by atoms with Crippen LogP contribution in [-0.4, -0.2) is 52.3 Å². The van der Waals surface area contributed by atoms with E-state index in [1.165, 1.54) is 6.20 Å². The van der Waals surface area contributed by atoms with Crippen molar-refractivity contribution in [2.45, 2.75) is 38.1 Å². The minimum Gasteiger partial charge on any atom is -0.439 e. The Bertz CT molecular complexity index is 881. The molecule has 0 N–H and O–H groups in total. The molecule has 1 atom stereocenters. The summed E-state index contributed by atoms with van der Waals surface area (Å²) >= 11 is 3.41. The molecular weight excluding hydrogens is 434 g/mol. The third kappa shape index (κ3) is 4.61. The lowest BCUT2D eigenvalue weighted by Gasteiger charge is -2.36. The molecule has 2 aliphatic heterocycles. The van der Waals surface area contributed by atoms with Gasteiger partial charge in [-0.05, 0) is 56.4 Å². The number of likely N-dealkylation sites (tertiary alicyclic amines) is 2. The fraction of sp³-hybridized carbons (Fsp3) is 0.409. The molecule has 0 saturated carbocycles. The monoisotopic (exact) mass is 457 g/mol. The summed E-state index contributed by atoms with van der Waals surface area (Å²) in [5.41, 5.74) is 0.479. The van der Waals surface area contributed by atoms with Crippen molar-refractivity contribution in [3.63, 3.8) is 0 Å². The van der Waals surface area contributed by atoms with Crippen LogP contribution in [0.15, 0.2) is 47.1 Å². The molecule has 7 heteroatoms. The zero-order valence-corrected chi connectivity index (χ0v) is 17.8. The van der Waals surface area contributed by atoms with Gasteiger partial charge in [-0.25, -0.2) is 4.98 Å². The molecule has 1 aromatic heterocycles. The lowest BCUT2D eigenvalue weighted by atomic mass is 10.00. The third-order valence-corrected chi connectivity index (χ3v) is 5.96. The van der Waals surface area contributed by atoms with Gasteiger partial charge in [0.1, 0.15) is 11.8 Å². The van der Waals surface area contributed by atoms with Gasteiger partial charge in [-0.1, -0.05) is 22.0 Å². The molecule has 2 aliphatic rings. The van der Waals surface area contributed by atoms with Crippen LogP contribution in [-0.2, 0) is 4.79 Å². The number of carbonyl (C=O) groups is 2. The fourth-order valence-corrected chi connectivity index (χ4v) is 4.34. The van der Waals surface area contributed by atoms with Gasteiger partial charge in [-0.2, -0.15) is 0 Å². The lowest BCUT2D eigenvalue weighted by Crippen LogP contribution is -2.52. The summed E-state index contributed by atoms with van der Waals surface area (Å²) in [6.07, 6.45) is 6.27. The molecule has 4 rings (SSSR count). The van der Waals surface area contributed by atoms with Crippen molar-refractivity contribution in [2.24, 2.45) is 0 Å². The topological polar surface area (TPSA) is 62.7 Å². The summed E-state index contributed by atoms with van der Waals surface area (Å²) in [7, 11) is 0. The van der Waals surface area contributed by atoms with E-state index >= 15 is 0 Å². The molecule has 0 aliphatic carbocycles. The second-order valence-corrected chi connectivity index (χ2v) is 8.40. The van der Waals surface area contributed by atoms with Crippen LogP contribution in [0, 0.1) is 0 Å². The molecule has 2 aromatic rings. The van der Waals surface area contributed by atoms with Gasteiger partial charge in [-0.3, -0.25) is 9.59 Å². The molecule has 2 fully saturated rings. The largest absolute Gasteiger partial charge is 0.439 e. The molecule has 1 aromatic carbocycles. The third-order valence-electron chi connectivity index (χ3n) is 5.47. The van der Waals surface area contributed by atoms with Crippen molar-refractivity contribution in [2.75, 3.05) is 19.6 Å². The molecule has 29 heavy (non-hydrogen) atoms. The Hall–Kier alpha value is -2.41. The Morgan fingerprint density at radius 1 is 1.03 bits per heavy atom. The highest BCUT2D eigenvalue weighted by Crippen LogP contribution is 2.25. The number of carbonyl (C=O) groups excluding carboxylic acids is 2. The van der Waals surface area contributed by atoms with Crippen molar-refractivity contribution in [1.29, 1.82) is 0 Å². The van der Waals surface area contributed by atoms with E-state index in [2.05, 4.69) is 20.9 Å². The maximum atomic E-state index is 13.1. The maximum Gasteiger partial charge on any atom is 0.256 e. The van der Waals surface area contributed by atoms with Crippen molar-refractivity contribution in [3.8, 4) is 11.6 Å². The van der Waals surface area contributed by atoms with Gasteiger partial charge in [0.2, 0.25) is 11.8 Å². The number of rotatable bonds is 4. The predicted molar refractivity (Wildman–Crippen MR) is 113 cm³/mol. The van der Waals surface area contributed by atoms with E-state index in [4.69, 9.17) is 4.74 Å². The number of aromatic nitrogens is 1. The second-order valence-electron chi connectivity index (χ2n) is 7.49. The van der Waals surface area contributed by atoms with E-state index in [0.717, 1.165) is 49.7 Å². The lowest BCUT2D eigenvalue weighted by molar-refractivity contribution is -0.136. The highest BCUT2D eigenvalue weighted by Gasteiger charge is 2.35.